The molecule has 0 aromatic heterocycles. The molecule has 0 bridgehead atoms. The van der Waals surface area contributed by atoms with Crippen LogP contribution in [0.3, 0.4) is 0 Å². The molecule has 6 nitrogen and oxygen atoms in total. The van der Waals surface area contributed by atoms with Gasteiger partial charge in [0.15, 0.2) is 11.8 Å². The van der Waals surface area contributed by atoms with Crippen molar-refractivity contribution in [3.8, 4) is 0 Å². The summed E-state index contributed by atoms with van der Waals surface area (Å²) in [6.45, 7) is 0. The van der Waals surface area contributed by atoms with Crippen LogP contribution in [0.5, 0.6) is 0 Å². The molecule has 1 aromatic carbocycles. The first-order valence-corrected chi connectivity index (χ1v) is 5.11. The quantitative estimate of drug-likeness (QED) is 0.485. The van der Waals surface area contributed by atoms with Gasteiger partial charge in [-0.1, -0.05) is 30.3 Å². The molecule has 1 aromatic rings. The van der Waals surface area contributed by atoms with Gasteiger partial charge < -0.3 is 14.8 Å². The van der Waals surface area contributed by atoms with E-state index in [4.69, 9.17) is 0 Å². The first kappa shape index (κ1) is 13.7. The van der Waals surface area contributed by atoms with Crippen molar-refractivity contribution in [3.05, 3.63) is 35.9 Å². The molecular weight excluding hydrogens is 238 g/mol. The van der Waals surface area contributed by atoms with Crippen LogP contribution in [0.2, 0.25) is 0 Å². The molecular formula is C12H13NO5. The van der Waals surface area contributed by atoms with Gasteiger partial charge in [-0.05, 0) is 0 Å². The monoisotopic (exact) mass is 251 g/mol. The maximum absolute atomic E-state index is 12.0. The van der Waals surface area contributed by atoms with Gasteiger partial charge in [-0.3, -0.25) is 4.79 Å². The third-order valence-corrected chi connectivity index (χ3v) is 2.20. The molecule has 1 N–H and O–H groups in total. The number of alkyl carbamates (subject to hydrolysis) is 1. The van der Waals surface area contributed by atoms with Gasteiger partial charge in [-0.25, -0.2) is 9.59 Å². The molecule has 96 valence electrons. The molecule has 0 saturated carbocycles. The molecule has 0 aliphatic carbocycles. The maximum Gasteiger partial charge on any atom is 0.407 e. The Morgan fingerprint density at radius 2 is 1.67 bits per heavy atom. The molecule has 1 atom stereocenters. The number of Topliss-reactive ketones (excluding diaryl/α,β-unsaturated/α-hetero) is 1. The fourth-order valence-corrected chi connectivity index (χ4v) is 1.30. The predicted octanol–water partition coefficient (Wildman–Crippen LogP) is 0.767. The first-order chi connectivity index (χ1) is 8.60. The van der Waals surface area contributed by atoms with Gasteiger partial charge in [0.05, 0.1) is 14.2 Å². The molecule has 0 aliphatic rings. The van der Waals surface area contributed by atoms with Crippen molar-refractivity contribution < 1.29 is 23.9 Å². The van der Waals surface area contributed by atoms with E-state index >= 15 is 0 Å². The molecule has 0 spiro atoms. The van der Waals surface area contributed by atoms with Gasteiger partial charge >= 0.3 is 12.1 Å². The van der Waals surface area contributed by atoms with Crippen LogP contribution < -0.4 is 5.32 Å². The number of benzene rings is 1. The number of hydrogen-bond acceptors (Lipinski definition) is 5. The largest absolute Gasteiger partial charge is 0.467 e. The topological polar surface area (TPSA) is 81.7 Å². The summed E-state index contributed by atoms with van der Waals surface area (Å²) in [5, 5.41) is 2.13. The highest BCUT2D eigenvalue weighted by Crippen LogP contribution is 2.05. The van der Waals surface area contributed by atoms with E-state index in [0.29, 0.717) is 5.56 Å². The van der Waals surface area contributed by atoms with Crippen molar-refractivity contribution in [2.75, 3.05) is 14.2 Å². The van der Waals surface area contributed by atoms with E-state index in [-0.39, 0.29) is 0 Å². The predicted molar refractivity (Wildman–Crippen MR) is 62.1 cm³/mol. The SMILES string of the molecule is COC(=O)NC(C(=O)OC)C(=O)c1ccccc1. The Morgan fingerprint density at radius 3 is 2.17 bits per heavy atom. The summed E-state index contributed by atoms with van der Waals surface area (Å²) in [5.74, 6) is -1.41. The van der Waals surface area contributed by atoms with Crippen molar-refractivity contribution in [3.63, 3.8) is 0 Å². The third-order valence-electron chi connectivity index (χ3n) is 2.20. The molecule has 0 saturated heterocycles. The third kappa shape index (κ3) is 3.31. The van der Waals surface area contributed by atoms with E-state index in [1.165, 1.54) is 12.1 Å². The number of rotatable bonds is 4. The molecule has 1 amide bonds. The second kappa shape index (κ2) is 6.39. The van der Waals surface area contributed by atoms with Crippen LogP contribution in [-0.4, -0.2) is 38.1 Å². The van der Waals surface area contributed by atoms with Crippen molar-refractivity contribution in [2.24, 2.45) is 0 Å². The van der Waals surface area contributed by atoms with Crippen LogP contribution in [-0.2, 0) is 14.3 Å². The Hall–Kier alpha value is -2.37. The summed E-state index contributed by atoms with van der Waals surface area (Å²) in [4.78, 5) is 34.6. The lowest BCUT2D eigenvalue weighted by molar-refractivity contribution is -0.141. The Balaban J connectivity index is 2.93. The smallest absolute Gasteiger partial charge is 0.407 e. The zero-order valence-corrected chi connectivity index (χ0v) is 10.0. The zero-order chi connectivity index (χ0) is 13.5. The number of methoxy groups -OCH3 is 2. The van der Waals surface area contributed by atoms with Crippen LogP contribution >= 0.6 is 0 Å². The summed E-state index contributed by atoms with van der Waals surface area (Å²) >= 11 is 0. The highest BCUT2D eigenvalue weighted by Gasteiger charge is 2.30. The van der Waals surface area contributed by atoms with Crippen molar-refractivity contribution >= 4 is 17.8 Å². The lowest BCUT2D eigenvalue weighted by Gasteiger charge is -2.14. The number of ketones is 1. The summed E-state index contributed by atoms with van der Waals surface area (Å²) in [6, 6.07) is 6.70. The fraction of sp³-hybridized carbons (Fsp3) is 0.250. The van der Waals surface area contributed by atoms with Crippen molar-refractivity contribution in [2.45, 2.75) is 6.04 Å². The fourth-order valence-electron chi connectivity index (χ4n) is 1.30. The second-order valence-corrected chi connectivity index (χ2v) is 3.32. The summed E-state index contributed by atoms with van der Waals surface area (Å²) < 4.78 is 8.82. The normalized spacial score (nSPS) is 11.2. The average molecular weight is 251 g/mol. The number of nitrogens with one attached hydrogen (secondary N) is 1. The summed E-state index contributed by atoms with van der Waals surface area (Å²) in [7, 11) is 2.27. The number of carbonyl (C=O) groups excluding carboxylic acids is 3. The van der Waals surface area contributed by atoms with Gasteiger partial charge in [0.25, 0.3) is 0 Å². The van der Waals surface area contributed by atoms with Gasteiger partial charge in [-0.15, -0.1) is 0 Å². The molecule has 18 heavy (non-hydrogen) atoms. The summed E-state index contributed by atoms with van der Waals surface area (Å²) in [5.41, 5.74) is 0.296. The number of esters is 1. The minimum Gasteiger partial charge on any atom is -0.467 e. The summed E-state index contributed by atoms with van der Waals surface area (Å²) in [6.07, 6.45) is -0.880. The van der Waals surface area contributed by atoms with Crippen molar-refractivity contribution in [1.29, 1.82) is 0 Å². The lowest BCUT2D eigenvalue weighted by atomic mass is 10.0. The molecule has 0 heterocycles. The number of ether oxygens (including phenoxy) is 2. The Bertz CT molecular complexity index is 443. The van der Waals surface area contributed by atoms with Gasteiger partial charge in [0.1, 0.15) is 0 Å². The number of carbonyl (C=O) groups is 3. The van der Waals surface area contributed by atoms with Crippen LogP contribution in [0.1, 0.15) is 10.4 Å². The molecule has 1 rings (SSSR count). The molecule has 1 unspecified atom stereocenters. The zero-order valence-electron chi connectivity index (χ0n) is 10.0. The molecule has 6 heteroatoms. The van der Waals surface area contributed by atoms with Gasteiger partial charge in [-0.2, -0.15) is 0 Å². The van der Waals surface area contributed by atoms with Crippen molar-refractivity contribution in [1.82, 2.24) is 5.32 Å². The van der Waals surface area contributed by atoms with Crippen LogP contribution in [0.25, 0.3) is 0 Å². The van der Waals surface area contributed by atoms with E-state index in [1.54, 1.807) is 18.2 Å². The highest BCUT2D eigenvalue weighted by molar-refractivity contribution is 6.13. The Morgan fingerprint density at radius 1 is 1.06 bits per heavy atom. The van der Waals surface area contributed by atoms with E-state index < -0.39 is 23.9 Å². The molecule has 0 radical (unpaired) electrons. The van der Waals surface area contributed by atoms with E-state index in [9.17, 15) is 14.4 Å². The maximum atomic E-state index is 12.0. The van der Waals surface area contributed by atoms with E-state index in [1.807, 2.05) is 0 Å². The average Bonchev–Trinajstić information content (AvgIpc) is 2.43. The first-order valence-electron chi connectivity index (χ1n) is 5.11. The molecule has 0 aliphatic heterocycles. The lowest BCUT2D eigenvalue weighted by Crippen LogP contribution is -2.47. The highest BCUT2D eigenvalue weighted by atomic mass is 16.5. The van der Waals surface area contributed by atoms with Crippen LogP contribution in [0.15, 0.2) is 30.3 Å². The minimum atomic E-state index is -1.41. The molecule has 0 fully saturated rings. The number of amides is 1. The van der Waals surface area contributed by atoms with Crippen LogP contribution in [0, 0.1) is 0 Å². The van der Waals surface area contributed by atoms with Gasteiger partial charge in [0.2, 0.25) is 0 Å². The van der Waals surface area contributed by atoms with Gasteiger partial charge in [0, 0.05) is 5.56 Å². The number of hydrogen-bond donors (Lipinski definition) is 1. The van der Waals surface area contributed by atoms with E-state index in [0.717, 1.165) is 14.2 Å². The Labute approximate surface area is 104 Å². The van der Waals surface area contributed by atoms with Crippen LogP contribution in [0.4, 0.5) is 4.79 Å². The minimum absolute atomic E-state index is 0.296. The second-order valence-electron chi connectivity index (χ2n) is 3.32. The van der Waals surface area contributed by atoms with E-state index in [2.05, 4.69) is 14.8 Å². The standard InChI is InChI=1S/C12H13NO5/c1-17-11(15)9(13-12(16)18-2)10(14)8-6-4-3-5-7-8/h3-7,9H,1-2H3,(H,13,16). The Kier molecular flexibility index (Phi) is 4.86.